The van der Waals surface area contributed by atoms with Crippen LogP contribution in [0.1, 0.15) is 6.42 Å². The Morgan fingerprint density at radius 1 is 0.789 bits per heavy atom. The summed E-state index contributed by atoms with van der Waals surface area (Å²) in [7, 11) is 7.34. The van der Waals surface area contributed by atoms with E-state index in [2.05, 4.69) is 19.0 Å². The molecule has 0 heterocycles. The summed E-state index contributed by atoms with van der Waals surface area (Å²) in [6.45, 7) is 1.00. The van der Waals surface area contributed by atoms with Gasteiger partial charge in [0.25, 0.3) is 0 Å². The first-order valence-electron chi connectivity index (χ1n) is 6.33. The average Bonchev–Trinajstić information content (AvgIpc) is 2.43. The SMILES string of the molecule is CO[Si](CCCN(C)C)(C[Si](OC)(OC)OC)OC. The summed E-state index contributed by atoms with van der Waals surface area (Å²) in [5, 5.41) is 0. The lowest BCUT2D eigenvalue weighted by Crippen LogP contribution is -2.54. The predicted octanol–water partition coefficient (Wildman–Crippen LogP) is 1.09. The molecule has 0 radical (unpaired) electrons. The van der Waals surface area contributed by atoms with Gasteiger partial charge in [0.2, 0.25) is 0 Å². The minimum absolute atomic E-state index is 0.601. The van der Waals surface area contributed by atoms with Crippen molar-refractivity contribution >= 4 is 17.4 Å². The van der Waals surface area contributed by atoms with Crippen LogP contribution in [0.5, 0.6) is 0 Å². The Morgan fingerprint density at radius 2 is 1.26 bits per heavy atom. The summed E-state index contributed by atoms with van der Waals surface area (Å²) >= 11 is 0. The second-order valence-electron chi connectivity index (χ2n) is 4.70. The van der Waals surface area contributed by atoms with E-state index >= 15 is 0 Å². The van der Waals surface area contributed by atoms with Gasteiger partial charge in [-0.15, -0.1) is 0 Å². The average molecular weight is 312 g/mol. The third-order valence-electron chi connectivity index (χ3n) is 3.33. The molecule has 0 atom stereocenters. The molecule has 0 aromatic rings. The zero-order valence-electron chi connectivity index (χ0n) is 13.3. The van der Waals surface area contributed by atoms with Crippen LogP contribution in [0.15, 0.2) is 0 Å². The summed E-state index contributed by atoms with van der Waals surface area (Å²) in [6, 6.07) is 0.892. The maximum absolute atomic E-state index is 5.72. The Kier molecular flexibility index (Phi) is 9.28. The van der Waals surface area contributed by atoms with Crippen LogP contribution >= 0.6 is 0 Å². The number of nitrogens with zero attached hydrogens (tertiary/aromatic N) is 1. The lowest BCUT2D eigenvalue weighted by Gasteiger charge is -2.34. The second-order valence-corrected chi connectivity index (χ2v) is 11.8. The molecule has 0 spiro atoms. The molecule has 0 saturated heterocycles. The summed E-state index contributed by atoms with van der Waals surface area (Å²) in [6.07, 6.45) is 1.02. The Balaban J connectivity index is 4.76. The molecule has 0 unspecified atom stereocenters. The summed E-state index contributed by atoms with van der Waals surface area (Å²) in [4.78, 5) is 2.15. The molecular weight excluding hydrogens is 282 g/mol. The molecule has 0 fully saturated rings. The molecule has 19 heavy (non-hydrogen) atoms. The van der Waals surface area contributed by atoms with Crippen LogP contribution in [-0.4, -0.2) is 78.5 Å². The first-order valence-corrected chi connectivity index (χ1v) is 10.5. The molecule has 0 rings (SSSR count). The third-order valence-corrected chi connectivity index (χ3v) is 11.7. The second kappa shape index (κ2) is 9.19. The highest BCUT2D eigenvalue weighted by molar-refractivity contribution is 6.83. The van der Waals surface area contributed by atoms with E-state index in [0.29, 0.717) is 5.67 Å². The predicted molar refractivity (Wildman–Crippen MR) is 79.3 cm³/mol. The van der Waals surface area contributed by atoms with Gasteiger partial charge >= 0.3 is 17.4 Å². The topological polar surface area (TPSA) is 49.4 Å². The van der Waals surface area contributed by atoms with Crippen molar-refractivity contribution in [1.82, 2.24) is 4.90 Å². The molecule has 0 aliphatic rings. The Morgan fingerprint density at radius 3 is 1.58 bits per heavy atom. The molecule has 0 saturated carbocycles. The van der Waals surface area contributed by atoms with Gasteiger partial charge in [-0.25, -0.2) is 0 Å². The van der Waals surface area contributed by atoms with Gasteiger partial charge in [-0.2, -0.15) is 0 Å². The highest BCUT2D eigenvalue weighted by atomic mass is 28.4. The van der Waals surface area contributed by atoms with Crippen molar-refractivity contribution < 1.29 is 22.1 Å². The lowest BCUT2D eigenvalue weighted by molar-refractivity contribution is 0.122. The standard InChI is InChI=1S/C11H29NO5Si2/c1-12(2)9-8-10-18(13-3,14-4)11-19(15-5,16-6)17-7/h8-11H2,1-7H3. The van der Waals surface area contributed by atoms with Gasteiger partial charge in [0.05, 0.1) is 5.67 Å². The molecular formula is C11H29NO5Si2. The van der Waals surface area contributed by atoms with Crippen molar-refractivity contribution in [3.8, 4) is 0 Å². The molecule has 0 aliphatic heterocycles. The monoisotopic (exact) mass is 311 g/mol. The smallest absolute Gasteiger partial charge is 0.398 e. The molecule has 0 aromatic carbocycles. The summed E-state index contributed by atoms with van der Waals surface area (Å²) in [5.74, 6) is 0. The first kappa shape index (κ1) is 19.2. The molecule has 6 nitrogen and oxygen atoms in total. The van der Waals surface area contributed by atoms with Crippen LogP contribution in [-0.2, 0) is 22.1 Å². The highest BCUT2D eigenvalue weighted by Gasteiger charge is 2.51. The van der Waals surface area contributed by atoms with E-state index in [-0.39, 0.29) is 0 Å². The van der Waals surface area contributed by atoms with Gasteiger partial charge in [0.1, 0.15) is 0 Å². The summed E-state index contributed by atoms with van der Waals surface area (Å²) in [5.41, 5.74) is 0.601. The maximum atomic E-state index is 5.72. The van der Waals surface area contributed by atoms with Gasteiger partial charge in [-0.3, -0.25) is 0 Å². The molecule has 0 aliphatic carbocycles. The Labute approximate surface area is 119 Å². The third kappa shape index (κ3) is 6.00. The van der Waals surface area contributed by atoms with Gasteiger partial charge in [-0.1, -0.05) is 0 Å². The van der Waals surface area contributed by atoms with Crippen molar-refractivity contribution in [1.29, 1.82) is 0 Å². The normalized spacial score (nSPS) is 13.3. The van der Waals surface area contributed by atoms with Crippen molar-refractivity contribution in [2.45, 2.75) is 18.1 Å². The van der Waals surface area contributed by atoms with Crippen LogP contribution in [0.2, 0.25) is 11.7 Å². The van der Waals surface area contributed by atoms with Crippen LogP contribution in [0.25, 0.3) is 0 Å². The quantitative estimate of drug-likeness (QED) is 0.532. The van der Waals surface area contributed by atoms with E-state index in [1.165, 1.54) is 0 Å². The van der Waals surface area contributed by atoms with E-state index in [9.17, 15) is 0 Å². The van der Waals surface area contributed by atoms with E-state index in [4.69, 9.17) is 22.1 Å². The fourth-order valence-corrected chi connectivity index (χ4v) is 9.99. The van der Waals surface area contributed by atoms with Gasteiger partial charge < -0.3 is 27.0 Å². The fourth-order valence-electron chi connectivity index (χ4n) is 1.98. The van der Waals surface area contributed by atoms with Gasteiger partial charge in [-0.05, 0) is 33.1 Å². The summed E-state index contributed by atoms with van der Waals surface area (Å²) < 4.78 is 27.9. The molecule has 0 N–H and O–H groups in total. The molecule has 0 amide bonds. The number of hydrogen-bond donors (Lipinski definition) is 0. The van der Waals surface area contributed by atoms with Crippen LogP contribution < -0.4 is 0 Å². The van der Waals surface area contributed by atoms with E-state index in [0.717, 1.165) is 19.0 Å². The molecule has 8 heteroatoms. The largest absolute Gasteiger partial charge is 0.502 e. The number of hydrogen-bond acceptors (Lipinski definition) is 6. The van der Waals surface area contributed by atoms with E-state index < -0.39 is 17.4 Å². The zero-order chi connectivity index (χ0) is 14.9. The minimum Gasteiger partial charge on any atom is -0.398 e. The zero-order valence-corrected chi connectivity index (χ0v) is 15.3. The van der Waals surface area contributed by atoms with Crippen molar-refractivity contribution in [2.75, 3.05) is 56.2 Å². The van der Waals surface area contributed by atoms with E-state index in [1.54, 1.807) is 35.5 Å². The Hall–Kier alpha value is 0.194. The Bertz CT molecular complexity index is 227. The van der Waals surface area contributed by atoms with Crippen LogP contribution in [0, 0.1) is 0 Å². The van der Waals surface area contributed by atoms with Gasteiger partial charge in [0.15, 0.2) is 0 Å². The molecule has 0 aromatic heterocycles. The van der Waals surface area contributed by atoms with Crippen molar-refractivity contribution in [3.63, 3.8) is 0 Å². The number of rotatable bonds is 11. The van der Waals surface area contributed by atoms with Gasteiger partial charge in [0, 0.05) is 35.5 Å². The van der Waals surface area contributed by atoms with Crippen LogP contribution in [0.3, 0.4) is 0 Å². The van der Waals surface area contributed by atoms with Crippen molar-refractivity contribution in [2.24, 2.45) is 0 Å². The molecule has 0 bridgehead atoms. The minimum atomic E-state index is -2.67. The lowest BCUT2D eigenvalue weighted by atomic mass is 10.5. The van der Waals surface area contributed by atoms with E-state index in [1.807, 2.05) is 0 Å². The first-order chi connectivity index (χ1) is 8.93. The fraction of sp³-hybridized carbons (Fsp3) is 1.00. The highest BCUT2D eigenvalue weighted by Crippen LogP contribution is 2.27. The molecule has 116 valence electrons. The van der Waals surface area contributed by atoms with Crippen LogP contribution in [0.4, 0.5) is 0 Å². The maximum Gasteiger partial charge on any atom is 0.502 e. The van der Waals surface area contributed by atoms with Crippen molar-refractivity contribution in [3.05, 3.63) is 0 Å².